The molecule has 0 radical (unpaired) electrons. The van der Waals surface area contributed by atoms with Crippen LogP contribution < -0.4 is 15.4 Å². The zero-order valence-corrected chi connectivity index (χ0v) is 11.2. The van der Waals surface area contributed by atoms with Crippen molar-refractivity contribution in [3.05, 3.63) is 43.3 Å². The first-order valence-corrected chi connectivity index (χ1v) is 5.88. The van der Waals surface area contributed by atoms with Gasteiger partial charge in [-0.25, -0.2) is 4.79 Å². The number of carbonyl (C=O) groups is 1. The number of hydrogen-bond acceptors (Lipinski definition) is 4. The molecule has 0 saturated heterocycles. The lowest BCUT2D eigenvalue weighted by atomic mass is 10.2. The molecule has 0 saturated carbocycles. The molecule has 6 nitrogen and oxygen atoms in total. The predicted octanol–water partition coefficient (Wildman–Crippen LogP) is 0.133. The Morgan fingerprint density at radius 3 is 2.65 bits per heavy atom. The molecule has 88 valence electrons. The van der Waals surface area contributed by atoms with E-state index in [2.05, 4.69) is 41.7 Å². The number of aromatic amines is 1. The number of carbonyl (C=O) groups excluding carboxylic acids is 1. The molecule has 0 atom stereocenters. The van der Waals surface area contributed by atoms with Crippen LogP contribution in [0.3, 0.4) is 0 Å². The second kappa shape index (κ2) is 4.46. The van der Waals surface area contributed by atoms with E-state index in [1.807, 2.05) is 0 Å². The van der Waals surface area contributed by atoms with Crippen molar-refractivity contribution in [1.82, 2.24) is 5.27 Å². The highest BCUT2D eigenvalue weighted by Crippen LogP contribution is 2.25. The van der Waals surface area contributed by atoms with Gasteiger partial charge >= 0.3 is 5.63 Å². The quantitative estimate of drug-likeness (QED) is 0.768. The molecule has 0 spiro atoms. The second-order valence-corrected chi connectivity index (χ2v) is 4.85. The average molecular weight is 364 g/mol. The Bertz CT molecular complexity index is 647. The third-order valence-electron chi connectivity index (χ3n) is 1.97. The number of carboxylic acid groups (broad SMARTS) is 1. The highest BCUT2D eigenvalue weighted by Gasteiger charge is 2.21. The van der Waals surface area contributed by atoms with E-state index in [0.717, 1.165) is 10.9 Å². The van der Waals surface area contributed by atoms with Gasteiger partial charge in [0.25, 0.3) is 11.9 Å². The number of benzene rings is 1. The number of hydrogen-bond donors (Lipinski definition) is 1. The summed E-state index contributed by atoms with van der Waals surface area (Å²) in [5.41, 5.74) is -0.489. The Kier molecular flexibility index (Phi) is 3.16. The summed E-state index contributed by atoms with van der Waals surface area (Å²) in [6.07, 6.45) is 1.08. The van der Waals surface area contributed by atoms with E-state index < -0.39 is 11.6 Å². The van der Waals surface area contributed by atoms with Crippen molar-refractivity contribution in [2.75, 3.05) is 0 Å². The number of carboxylic acids is 1. The summed E-state index contributed by atoms with van der Waals surface area (Å²) in [7, 11) is 0. The van der Waals surface area contributed by atoms with E-state index in [1.54, 1.807) is 6.07 Å². The highest BCUT2D eigenvalue weighted by molar-refractivity contribution is 9.11. The zero-order chi connectivity index (χ0) is 12.6. The molecule has 1 heterocycles. The SMILES string of the molecule is O=C([O-])c1cc(Br)cc(Br)c1-[n+]1cc(=O)o[nH]1. The van der Waals surface area contributed by atoms with Gasteiger partial charge in [-0.15, -0.1) is 0 Å². The van der Waals surface area contributed by atoms with Crippen molar-refractivity contribution in [3.63, 3.8) is 0 Å². The molecule has 0 aliphatic rings. The highest BCUT2D eigenvalue weighted by atomic mass is 79.9. The van der Waals surface area contributed by atoms with E-state index in [9.17, 15) is 14.7 Å². The smallest absolute Gasteiger partial charge is 0.427 e. The minimum absolute atomic E-state index is 0.0895. The lowest BCUT2D eigenvalue weighted by Gasteiger charge is -2.05. The number of aromatic nitrogens is 2. The number of H-pyrrole nitrogens is 1. The molecule has 1 N–H and O–H groups in total. The predicted molar refractivity (Wildman–Crippen MR) is 60.6 cm³/mol. The van der Waals surface area contributed by atoms with Gasteiger partial charge in [0.1, 0.15) is 0 Å². The molecule has 2 aromatic rings. The van der Waals surface area contributed by atoms with Gasteiger partial charge in [-0.05, 0) is 38.0 Å². The maximum Gasteiger partial charge on any atom is 0.427 e. The molecule has 1 aromatic heterocycles. The maximum absolute atomic E-state index is 11.0. The first-order chi connectivity index (χ1) is 7.99. The fourth-order valence-corrected chi connectivity index (χ4v) is 2.75. The minimum Gasteiger partial charge on any atom is -0.545 e. The lowest BCUT2D eigenvalue weighted by molar-refractivity contribution is -0.671. The lowest BCUT2D eigenvalue weighted by Crippen LogP contribution is -2.37. The molecule has 0 aliphatic heterocycles. The Hall–Kier alpha value is -1.41. The van der Waals surface area contributed by atoms with Gasteiger partial charge in [-0.1, -0.05) is 15.9 Å². The number of nitrogens with zero attached hydrogens (tertiary/aromatic N) is 1. The van der Waals surface area contributed by atoms with Gasteiger partial charge in [-0.2, -0.15) is 0 Å². The molecule has 2 rings (SSSR count). The molecule has 0 aliphatic carbocycles. The zero-order valence-electron chi connectivity index (χ0n) is 8.07. The van der Waals surface area contributed by atoms with Crippen molar-refractivity contribution in [3.8, 4) is 5.69 Å². The second-order valence-electron chi connectivity index (χ2n) is 3.08. The van der Waals surface area contributed by atoms with Crippen LogP contribution in [-0.4, -0.2) is 11.2 Å². The minimum atomic E-state index is -1.36. The summed E-state index contributed by atoms with van der Waals surface area (Å²) in [4.78, 5) is 21.9. The number of nitrogens with one attached hydrogen (secondary N) is 1. The van der Waals surface area contributed by atoms with Crippen molar-refractivity contribution < 1.29 is 19.1 Å². The number of rotatable bonds is 2. The van der Waals surface area contributed by atoms with Gasteiger partial charge in [0.05, 0.1) is 16.0 Å². The summed E-state index contributed by atoms with van der Waals surface area (Å²) >= 11 is 6.37. The monoisotopic (exact) mass is 362 g/mol. The molecular weight excluding hydrogens is 360 g/mol. The van der Waals surface area contributed by atoms with Gasteiger partial charge in [0.2, 0.25) is 0 Å². The first-order valence-electron chi connectivity index (χ1n) is 4.30. The number of halogens is 2. The van der Waals surface area contributed by atoms with Gasteiger partial charge in [0.15, 0.2) is 0 Å². The van der Waals surface area contributed by atoms with Crippen LogP contribution in [0.1, 0.15) is 10.4 Å². The van der Waals surface area contributed by atoms with Crippen LogP contribution in [0.5, 0.6) is 0 Å². The number of aromatic carboxylic acids is 1. The molecule has 17 heavy (non-hydrogen) atoms. The summed E-state index contributed by atoms with van der Waals surface area (Å²) in [6, 6.07) is 3.01. The Morgan fingerprint density at radius 2 is 2.12 bits per heavy atom. The van der Waals surface area contributed by atoms with Crippen LogP contribution in [0.25, 0.3) is 5.69 Å². The van der Waals surface area contributed by atoms with Crippen LogP contribution in [0, 0.1) is 0 Å². The van der Waals surface area contributed by atoms with Crippen molar-refractivity contribution in [2.45, 2.75) is 0 Å². The standard InChI is InChI=1S/C9H4Br2N2O4/c10-4-1-5(9(15)16)8(6(11)2-4)13-3-7(14)17-12-13/h1-3H,(H-,12,14,15,16). The van der Waals surface area contributed by atoms with Crippen LogP contribution in [0.4, 0.5) is 0 Å². The Morgan fingerprint density at radius 1 is 1.41 bits per heavy atom. The summed E-state index contributed by atoms with van der Waals surface area (Å²) in [6.45, 7) is 0. The van der Waals surface area contributed by atoms with E-state index in [-0.39, 0.29) is 11.3 Å². The van der Waals surface area contributed by atoms with Gasteiger partial charge in [0, 0.05) is 4.47 Å². The van der Waals surface area contributed by atoms with Crippen LogP contribution in [0.15, 0.2) is 36.6 Å². The molecule has 0 bridgehead atoms. The van der Waals surface area contributed by atoms with Crippen molar-refractivity contribution in [1.29, 1.82) is 0 Å². The van der Waals surface area contributed by atoms with E-state index >= 15 is 0 Å². The molecule has 1 aromatic carbocycles. The van der Waals surface area contributed by atoms with Crippen LogP contribution >= 0.6 is 31.9 Å². The maximum atomic E-state index is 11.0. The van der Waals surface area contributed by atoms with E-state index in [1.165, 1.54) is 6.07 Å². The van der Waals surface area contributed by atoms with Crippen LogP contribution in [0.2, 0.25) is 0 Å². The largest absolute Gasteiger partial charge is 0.545 e. The first kappa shape index (κ1) is 12.1. The van der Waals surface area contributed by atoms with Crippen molar-refractivity contribution in [2.24, 2.45) is 0 Å². The molecule has 0 fully saturated rings. The average Bonchev–Trinajstić information content (AvgIpc) is 2.63. The van der Waals surface area contributed by atoms with Crippen molar-refractivity contribution >= 4 is 37.8 Å². The van der Waals surface area contributed by atoms with E-state index in [4.69, 9.17) is 0 Å². The van der Waals surface area contributed by atoms with Gasteiger partial charge < -0.3 is 9.90 Å². The molecule has 0 unspecified atom stereocenters. The van der Waals surface area contributed by atoms with Crippen LogP contribution in [-0.2, 0) is 0 Å². The molecule has 0 amide bonds. The summed E-state index contributed by atoms with van der Waals surface area (Å²) in [5, 5.41) is 13.3. The molecule has 8 heteroatoms. The third-order valence-corrected chi connectivity index (χ3v) is 3.03. The summed E-state index contributed by atoms with van der Waals surface area (Å²) < 4.78 is 6.67. The Labute approximate surface area is 111 Å². The van der Waals surface area contributed by atoms with Gasteiger partial charge in [-0.3, -0.25) is 4.52 Å². The van der Waals surface area contributed by atoms with E-state index in [0.29, 0.717) is 8.95 Å². The summed E-state index contributed by atoms with van der Waals surface area (Å²) in [5.74, 6) is -1.36. The third kappa shape index (κ3) is 2.32. The topological polar surface area (TPSA) is 90.0 Å². The fourth-order valence-electron chi connectivity index (χ4n) is 1.33. The fraction of sp³-hybridized carbons (Fsp3) is 0. The molecular formula is C9H4Br2N2O4. The normalized spacial score (nSPS) is 10.5. The Balaban J connectivity index is 2.75.